The minimum absolute atomic E-state index is 0.228. The average Bonchev–Trinajstić information content (AvgIpc) is 3.01. The minimum Gasteiger partial charge on any atom is -0.493 e. The van der Waals surface area contributed by atoms with Crippen molar-refractivity contribution in [2.45, 2.75) is 19.9 Å². The molecule has 0 radical (unpaired) electrons. The maximum Gasteiger partial charge on any atom is 0.322 e. The van der Waals surface area contributed by atoms with Gasteiger partial charge in [0, 0.05) is 24.2 Å². The van der Waals surface area contributed by atoms with E-state index in [1.54, 1.807) is 17.0 Å². The summed E-state index contributed by atoms with van der Waals surface area (Å²) in [5.41, 5.74) is 2.54. The summed E-state index contributed by atoms with van der Waals surface area (Å²) >= 11 is 0. The molecule has 0 unspecified atom stereocenters. The van der Waals surface area contributed by atoms with Gasteiger partial charge in [0.05, 0.1) is 39.3 Å². The molecule has 2 aromatic rings. The Labute approximate surface area is 145 Å². The van der Waals surface area contributed by atoms with Crippen LogP contribution in [0.2, 0.25) is 0 Å². The van der Waals surface area contributed by atoms with Gasteiger partial charge in [-0.2, -0.15) is 0 Å². The van der Waals surface area contributed by atoms with Gasteiger partial charge in [0.2, 0.25) is 5.75 Å². The fourth-order valence-electron chi connectivity index (χ4n) is 2.91. The number of fused-ring (bicyclic) bond motifs is 1. The first kappa shape index (κ1) is 16.9. The van der Waals surface area contributed by atoms with E-state index < -0.39 is 0 Å². The molecule has 0 aliphatic carbocycles. The number of amides is 2. The number of benzene rings is 1. The highest BCUT2D eigenvalue weighted by Gasteiger charge is 2.26. The summed E-state index contributed by atoms with van der Waals surface area (Å²) in [5, 5.41) is 6.82. The van der Waals surface area contributed by atoms with E-state index in [4.69, 9.17) is 18.7 Å². The van der Waals surface area contributed by atoms with Crippen LogP contribution in [0.4, 0.5) is 10.5 Å². The van der Waals surface area contributed by atoms with Crippen LogP contribution in [0.3, 0.4) is 0 Å². The Morgan fingerprint density at radius 3 is 2.48 bits per heavy atom. The summed E-state index contributed by atoms with van der Waals surface area (Å²) in [6.07, 6.45) is 0.730. The topological polar surface area (TPSA) is 86.1 Å². The van der Waals surface area contributed by atoms with Gasteiger partial charge in [-0.25, -0.2) is 4.79 Å². The van der Waals surface area contributed by atoms with Crippen molar-refractivity contribution >= 4 is 11.7 Å². The Morgan fingerprint density at radius 1 is 1.20 bits per heavy atom. The van der Waals surface area contributed by atoms with Gasteiger partial charge in [0.1, 0.15) is 0 Å². The predicted octanol–water partition coefficient (Wildman–Crippen LogP) is 2.60. The van der Waals surface area contributed by atoms with Crippen molar-refractivity contribution in [2.24, 2.45) is 0 Å². The Bertz CT molecular complexity index is 762. The molecule has 2 amide bonds. The van der Waals surface area contributed by atoms with Crippen LogP contribution >= 0.6 is 0 Å². The summed E-state index contributed by atoms with van der Waals surface area (Å²) in [4.78, 5) is 14.3. The SMILES string of the molecule is COc1cc(NC(=O)N2CCc3c(C)noc3C2)cc(OC)c1OC. The highest BCUT2D eigenvalue weighted by atomic mass is 16.5. The number of methoxy groups -OCH3 is 3. The second-order valence-electron chi connectivity index (χ2n) is 5.69. The van der Waals surface area contributed by atoms with Crippen LogP contribution in [0.5, 0.6) is 17.2 Å². The molecule has 1 aromatic carbocycles. The van der Waals surface area contributed by atoms with Gasteiger partial charge in [-0.05, 0) is 13.3 Å². The quantitative estimate of drug-likeness (QED) is 0.915. The maximum atomic E-state index is 12.6. The lowest BCUT2D eigenvalue weighted by Gasteiger charge is -2.26. The van der Waals surface area contributed by atoms with E-state index in [0.717, 1.165) is 23.4 Å². The molecule has 1 aliphatic rings. The van der Waals surface area contributed by atoms with Crippen molar-refractivity contribution in [3.05, 3.63) is 29.2 Å². The van der Waals surface area contributed by atoms with Gasteiger partial charge in [-0.1, -0.05) is 5.16 Å². The number of anilines is 1. The van der Waals surface area contributed by atoms with Crippen LogP contribution in [0.1, 0.15) is 17.0 Å². The molecule has 0 fully saturated rings. The Kier molecular flexibility index (Phi) is 4.69. The molecule has 1 aliphatic heterocycles. The minimum atomic E-state index is -0.228. The lowest BCUT2D eigenvalue weighted by Crippen LogP contribution is -2.38. The zero-order chi connectivity index (χ0) is 18.0. The first-order chi connectivity index (χ1) is 12.1. The van der Waals surface area contributed by atoms with Crippen LogP contribution in [-0.4, -0.2) is 44.0 Å². The second kappa shape index (κ2) is 6.92. The molecule has 8 nitrogen and oxygen atoms in total. The fraction of sp³-hybridized carbons (Fsp3) is 0.412. The molecule has 0 spiro atoms. The van der Waals surface area contributed by atoms with Crippen LogP contribution < -0.4 is 19.5 Å². The summed E-state index contributed by atoms with van der Waals surface area (Å²) in [6, 6.07) is 3.15. The second-order valence-corrected chi connectivity index (χ2v) is 5.69. The van der Waals surface area contributed by atoms with Gasteiger partial charge in [0.15, 0.2) is 17.3 Å². The maximum absolute atomic E-state index is 12.6. The number of carbonyl (C=O) groups is 1. The number of nitrogens with zero attached hydrogens (tertiary/aromatic N) is 2. The van der Waals surface area contributed by atoms with Crippen LogP contribution in [0.15, 0.2) is 16.7 Å². The van der Waals surface area contributed by atoms with Crippen molar-refractivity contribution in [3.63, 3.8) is 0 Å². The van der Waals surface area contributed by atoms with Crippen molar-refractivity contribution in [1.29, 1.82) is 0 Å². The number of hydrogen-bond acceptors (Lipinski definition) is 6. The molecule has 2 heterocycles. The zero-order valence-corrected chi connectivity index (χ0v) is 14.7. The summed E-state index contributed by atoms with van der Waals surface area (Å²) in [5.74, 6) is 2.17. The molecule has 25 heavy (non-hydrogen) atoms. The molecule has 3 rings (SSSR count). The van der Waals surface area contributed by atoms with Gasteiger partial charge in [0.25, 0.3) is 0 Å². The van der Waals surface area contributed by atoms with Crippen molar-refractivity contribution in [1.82, 2.24) is 10.1 Å². The highest BCUT2D eigenvalue weighted by Crippen LogP contribution is 2.40. The largest absolute Gasteiger partial charge is 0.493 e. The zero-order valence-electron chi connectivity index (χ0n) is 14.7. The molecular weight excluding hydrogens is 326 g/mol. The molecule has 1 aromatic heterocycles. The fourth-order valence-corrected chi connectivity index (χ4v) is 2.91. The van der Waals surface area contributed by atoms with Gasteiger partial charge < -0.3 is 29.0 Å². The number of nitrogens with one attached hydrogen (secondary N) is 1. The van der Waals surface area contributed by atoms with Crippen molar-refractivity contribution < 1.29 is 23.5 Å². The highest BCUT2D eigenvalue weighted by molar-refractivity contribution is 5.90. The lowest BCUT2D eigenvalue weighted by molar-refractivity contribution is 0.196. The number of urea groups is 1. The summed E-state index contributed by atoms with van der Waals surface area (Å²) < 4.78 is 21.2. The predicted molar refractivity (Wildman–Crippen MR) is 90.5 cm³/mol. The van der Waals surface area contributed by atoms with Crippen LogP contribution in [0, 0.1) is 6.92 Å². The van der Waals surface area contributed by atoms with E-state index in [-0.39, 0.29) is 6.03 Å². The molecule has 8 heteroatoms. The first-order valence-electron chi connectivity index (χ1n) is 7.87. The van der Waals surface area contributed by atoms with Crippen LogP contribution in [0.25, 0.3) is 0 Å². The van der Waals surface area contributed by atoms with E-state index in [2.05, 4.69) is 10.5 Å². The van der Waals surface area contributed by atoms with Gasteiger partial charge in [-0.15, -0.1) is 0 Å². The third-order valence-electron chi connectivity index (χ3n) is 4.24. The number of ether oxygens (including phenoxy) is 3. The number of rotatable bonds is 4. The smallest absolute Gasteiger partial charge is 0.322 e. The third-order valence-corrected chi connectivity index (χ3v) is 4.24. The monoisotopic (exact) mass is 347 g/mol. The van der Waals surface area contributed by atoms with E-state index in [0.29, 0.717) is 36.0 Å². The van der Waals surface area contributed by atoms with Gasteiger partial charge >= 0.3 is 6.03 Å². The number of hydrogen-bond donors (Lipinski definition) is 1. The van der Waals surface area contributed by atoms with E-state index in [1.165, 1.54) is 21.3 Å². The number of aromatic nitrogens is 1. The molecule has 0 saturated heterocycles. The Balaban J connectivity index is 1.77. The molecule has 0 bridgehead atoms. The average molecular weight is 347 g/mol. The van der Waals surface area contributed by atoms with Crippen molar-refractivity contribution in [2.75, 3.05) is 33.2 Å². The Morgan fingerprint density at radius 2 is 1.88 bits per heavy atom. The van der Waals surface area contributed by atoms with Gasteiger partial charge in [-0.3, -0.25) is 0 Å². The number of carbonyl (C=O) groups excluding carboxylic acids is 1. The van der Waals surface area contributed by atoms with Crippen LogP contribution in [-0.2, 0) is 13.0 Å². The lowest BCUT2D eigenvalue weighted by atomic mass is 10.1. The number of aryl methyl sites for hydroxylation is 1. The molecule has 1 N–H and O–H groups in total. The molecule has 0 saturated carbocycles. The summed E-state index contributed by atoms with van der Waals surface area (Å²) in [6.45, 7) is 2.91. The van der Waals surface area contributed by atoms with Crippen molar-refractivity contribution in [3.8, 4) is 17.2 Å². The van der Waals surface area contributed by atoms with E-state index in [9.17, 15) is 4.79 Å². The normalized spacial score (nSPS) is 13.2. The standard InChI is InChI=1S/C17H21N3O5/c1-10-12-5-6-20(9-15(12)25-19-10)17(21)18-11-7-13(22-2)16(24-4)14(8-11)23-3/h7-8H,5-6,9H2,1-4H3,(H,18,21). The van der Waals surface area contributed by atoms with E-state index in [1.807, 2.05) is 6.92 Å². The molecular formula is C17H21N3O5. The molecule has 0 atom stereocenters. The third kappa shape index (κ3) is 3.19. The van der Waals surface area contributed by atoms with E-state index >= 15 is 0 Å². The Hall–Kier alpha value is -2.90. The first-order valence-corrected chi connectivity index (χ1v) is 7.87. The molecule has 134 valence electrons. The summed E-state index contributed by atoms with van der Waals surface area (Å²) in [7, 11) is 4.59.